The number of rotatable bonds is 6. The fraction of sp³-hybridized carbons (Fsp3) is 0.889. The van der Waals surface area contributed by atoms with Gasteiger partial charge in [0.2, 0.25) is 5.91 Å². The van der Waals surface area contributed by atoms with Crippen LogP contribution in [0.5, 0.6) is 0 Å². The van der Waals surface area contributed by atoms with E-state index < -0.39 is 5.79 Å². The lowest BCUT2D eigenvalue weighted by atomic mass is 10.1. The molecule has 2 N–H and O–H groups in total. The number of hydrogen-bond acceptors (Lipinski definition) is 6. The molecule has 3 fully saturated rings. The Labute approximate surface area is 160 Å². The summed E-state index contributed by atoms with van der Waals surface area (Å²) in [6.45, 7) is 4.02. The number of amides is 1. The third kappa shape index (κ3) is 6.03. The minimum absolute atomic E-state index is 0.0465. The Morgan fingerprint density at radius 1 is 1.15 bits per heavy atom. The Kier molecular flexibility index (Phi) is 7.28. The van der Waals surface area contributed by atoms with Gasteiger partial charge in [-0.2, -0.15) is 0 Å². The molecule has 0 aromatic rings. The number of nitrogens with one attached hydrogen (secondary N) is 2. The van der Waals surface area contributed by atoms with Gasteiger partial charge in [0.1, 0.15) is 12.6 Å². The topological polar surface area (TPSA) is 93.7 Å². The van der Waals surface area contributed by atoms with Gasteiger partial charge in [-0.05, 0) is 12.8 Å². The molecule has 3 aliphatic heterocycles. The molecule has 3 heterocycles. The van der Waals surface area contributed by atoms with Gasteiger partial charge in [-0.3, -0.25) is 4.79 Å². The molecule has 9 nitrogen and oxygen atoms in total. The van der Waals surface area contributed by atoms with Crippen LogP contribution in [0.2, 0.25) is 0 Å². The van der Waals surface area contributed by atoms with Crippen LogP contribution in [0, 0.1) is 0 Å². The Hall–Kier alpha value is -1.42. The van der Waals surface area contributed by atoms with E-state index in [-0.39, 0.29) is 24.7 Å². The van der Waals surface area contributed by atoms with Crippen molar-refractivity contribution in [2.45, 2.75) is 43.7 Å². The summed E-state index contributed by atoms with van der Waals surface area (Å²) in [5.41, 5.74) is 0. The van der Waals surface area contributed by atoms with Crippen LogP contribution < -0.4 is 10.6 Å². The molecular weight excluding hydrogens is 352 g/mol. The summed E-state index contributed by atoms with van der Waals surface area (Å²) in [7, 11) is 3.45. The van der Waals surface area contributed by atoms with Crippen LogP contribution in [0.4, 0.5) is 0 Å². The van der Waals surface area contributed by atoms with Gasteiger partial charge < -0.3 is 34.5 Å². The average molecular weight is 384 g/mol. The van der Waals surface area contributed by atoms with Gasteiger partial charge in [-0.1, -0.05) is 0 Å². The fourth-order valence-electron chi connectivity index (χ4n) is 3.35. The van der Waals surface area contributed by atoms with E-state index in [1.165, 1.54) is 4.90 Å². The number of aliphatic imine (C=N–C) groups is 1. The first-order chi connectivity index (χ1) is 13.1. The molecule has 0 aromatic carbocycles. The highest BCUT2D eigenvalue weighted by atomic mass is 16.7. The number of nitrogens with zero attached hydrogens (tertiary/aromatic N) is 2. The molecule has 3 saturated heterocycles. The minimum atomic E-state index is -0.492. The molecule has 0 saturated carbocycles. The molecular formula is C18H32N4O5. The smallest absolute Gasteiger partial charge is 0.243 e. The average Bonchev–Trinajstić information content (AvgIpc) is 3.32. The zero-order chi connectivity index (χ0) is 19.1. The third-order valence-electron chi connectivity index (χ3n) is 5.06. The second kappa shape index (κ2) is 9.68. The summed E-state index contributed by atoms with van der Waals surface area (Å²) in [4.78, 5) is 17.8. The molecule has 0 aliphatic carbocycles. The monoisotopic (exact) mass is 384 g/mol. The summed E-state index contributed by atoms with van der Waals surface area (Å²) in [6.07, 6.45) is 3.80. The van der Waals surface area contributed by atoms with Crippen molar-refractivity contribution in [2.24, 2.45) is 4.99 Å². The van der Waals surface area contributed by atoms with Gasteiger partial charge >= 0.3 is 0 Å². The van der Waals surface area contributed by atoms with Crippen LogP contribution in [0.15, 0.2) is 4.99 Å². The Morgan fingerprint density at radius 3 is 2.56 bits per heavy atom. The highest BCUT2D eigenvalue weighted by molar-refractivity contribution is 5.84. The van der Waals surface area contributed by atoms with Gasteiger partial charge in [0.05, 0.1) is 25.9 Å². The second-order valence-corrected chi connectivity index (χ2v) is 7.42. The normalized spacial score (nSPS) is 27.7. The molecule has 2 unspecified atom stereocenters. The number of likely N-dealkylation sites (N-methyl/N-ethyl adjacent to an activating group) is 1. The first-order valence-corrected chi connectivity index (χ1v) is 9.80. The number of carbonyl (C=O) groups is 1. The minimum Gasteiger partial charge on any atom is -0.381 e. The molecule has 0 aromatic heterocycles. The van der Waals surface area contributed by atoms with Crippen LogP contribution >= 0.6 is 0 Å². The molecule has 154 valence electrons. The van der Waals surface area contributed by atoms with Crippen LogP contribution in [-0.4, -0.2) is 94.9 Å². The van der Waals surface area contributed by atoms with E-state index in [1.807, 2.05) is 0 Å². The second-order valence-electron chi connectivity index (χ2n) is 7.42. The first-order valence-electron chi connectivity index (χ1n) is 9.80. The van der Waals surface area contributed by atoms with Crippen LogP contribution in [-0.2, 0) is 23.7 Å². The highest BCUT2D eigenvalue weighted by Gasteiger charge is 2.42. The summed E-state index contributed by atoms with van der Waals surface area (Å²) in [5.74, 6) is 0.0560. The molecule has 9 heteroatoms. The summed E-state index contributed by atoms with van der Waals surface area (Å²) in [5, 5.41) is 6.56. The van der Waals surface area contributed by atoms with Crippen LogP contribution in [0.3, 0.4) is 0 Å². The van der Waals surface area contributed by atoms with Crippen LogP contribution in [0.25, 0.3) is 0 Å². The Bertz CT molecular complexity index is 516. The van der Waals surface area contributed by atoms with Crippen molar-refractivity contribution in [3.8, 4) is 0 Å². The molecule has 3 rings (SSSR count). The highest BCUT2D eigenvalue weighted by Crippen LogP contribution is 2.32. The first kappa shape index (κ1) is 20.3. The Morgan fingerprint density at radius 2 is 1.89 bits per heavy atom. The van der Waals surface area contributed by atoms with Gasteiger partial charge in [-0.15, -0.1) is 0 Å². The van der Waals surface area contributed by atoms with Crippen molar-refractivity contribution in [1.82, 2.24) is 15.5 Å². The zero-order valence-electron chi connectivity index (χ0n) is 16.4. The lowest BCUT2D eigenvalue weighted by Gasteiger charge is -2.31. The molecule has 2 atom stereocenters. The largest absolute Gasteiger partial charge is 0.381 e. The van der Waals surface area contributed by atoms with E-state index >= 15 is 0 Å². The number of carbonyl (C=O) groups excluding carboxylic acids is 1. The maximum atomic E-state index is 11.9. The molecule has 3 aliphatic rings. The summed E-state index contributed by atoms with van der Waals surface area (Å²) < 4.78 is 23.1. The van der Waals surface area contributed by atoms with E-state index in [1.54, 1.807) is 14.1 Å². The third-order valence-corrected chi connectivity index (χ3v) is 5.06. The number of ether oxygens (including phenoxy) is 4. The van der Waals surface area contributed by atoms with E-state index in [0.29, 0.717) is 38.9 Å². The molecule has 0 bridgehead atoms. The standard InChI is InChI=1S/C18H32N4O5/c1-22(2)16(23)12-21-17(19-10-14-4-3-7-25-14)20-11-15-13-26-18(27-15)5-8-24-9-6-18/h14-15H,3-13H2,1-2H3,(H2,19,20,21). The Balaban J connectivity index is 1.49. The van der Waals surface area contributed by atoms with E-state index in [4.69, 9.17) is 18.9 Å². The SMILES string of the molecule is CN(C)C(=O)CN=C(NCC1CCCO1)NCC1COC2(CCOCC2)O1. The lowest BCUT2D eigenvalue weighted by Crippen LogP contribution is -2.45. The predicted octanol–water partition coefficient (Wildman–Crippen LogP) is -0.289. The number of hydrogen-bond donors (Lipinski definition) is 2. The van der Waals surface area contributed by atoms with Crippen molar-refractivity contribution < 1.29 is 23.7 Å². The van der Waals surface area contributed by atoms with Crippen LogP contribution in [0.1, 0.15) is 25.7 Å². The van der Waals surface area contributed by atoms with Crippen molar-refractivity contribution in [3.05, 3.63) is 0 Å². The zero-order valence-corrected chi connectivity index (χ0v) is 16.4. The van der Waals surface area contributed by atoms with E-state index in [9.17, 15) is 4.79 Å². The summed E-state index contributed by atoms with van der Waals surface area (Å²) in [6, 6.07) is 0. The van der Waals surface area contributed by atoms with Crippen molar-refractivity contribution in [2.75, 3.05) is 60.2 Å². The van der Waals surface area contributed by atoms with Gasteiger partial charge in [0, 0.05) is 46.6 Å². The maximum absolute atomic E-state index is 11.9. The van der Waals surface area contributed by atoms with Crippen molar-refractivity contribution in [1.29, 1.82) is 0 Å². The molecule has 1 spiro atoms. The summed E-state index contributed by atoms with van der Waals surface area (Å²) >= 11 is 0. The molecule has 1 amide bonds. The molecule has 0 radical (unpaired) electrons. The van der Waals surface area contributed by atoms with E-state index in [2.05, 4.69) is 15.6 Å². The quantitative estimate of drug-likeness (QED) is 0.480. The lowest BCUT2D eigenvalue weighted by molar-refractivity contribution is -0.210. The van der Waals surface area contributed by atoms with Crippen molar-refractivity contribution >= 4 is 11.9 Å². The fourth-order valence-corrected chi connectivity index (χ4v) is 3.35. The van der Waals surface area contributed by atoms with Crippen molar-refractivity contribution in [3.63, 3.8) is 0 Å². The predicted molar refractivity (Wildman–Crippen MR) is 99.6 cm³/mol. The van der Waals surface area contributed by atoms with E-state index in [0.717, 1.165) is 32.3 Å². The van der Waals surface area contributed by atoms with Gasteiger partial charge in [0.15, 0.2) is 11.7 Å². The van der Waals surface area contributed by atoms with Gasteiger partial charge in [0.25, 0.3) is 0 Å². The maximum Gasteiger partial charge on any atom is 0.243 e. The van der Waals surface area contributed by atoms with Gasteiger partial charge in [-0.25, -0.2) is 4.99 Å². The molecule has 27 heavy (non-hydrogen) atoms. The number of guanidine groups is 1.